The van der Waals surface area contributed by atoms with Crippen LogP contribution >= 0.6 is 24.0 Å². The third kappa shape index (κ3) is 5.57. The number of nitrogens with one attached hydrogen (secondary N) is 1. The quantitative estimate of drug-likeness (QED) is 0.794. The first-order valence-corrected chi connectivity index (χ1v) is 8.17. The van der Waals surface area contributed by atoms with Crippen LogP contribution in [0.5, 0.6) is 0 Å². The third-order valence-electron chi connectivity index (χ3n) is 3.91. The Hall–Kier alpha value is -0.920. The van der Waals surface area contributed by atoms with Crippen LogP contribution in [0.1, 0.15) is 24.9 Å². The molecule has 24 heavy (non-hydrogen) atoms. The molecule has 5 nitrogen and oxygen atoms in total. The second-order valence-corrected chi connectivity index (χ2v) is 6.08. The van der Waals surface area contributed by atoms with Gasteiger partial charge in [-0.2, -0.15) is 0 Å². The lowest BCUT2D eigenvalue weighted by Crippen LogP contribution is -2.47. The van der Waals surface area contributed by atoms with E-state index in [4.69, 9.17) is 22.1 Å². The highest BCUT2D eigenvalue weighted by atomic mass is 35.5. The number of hydrogen-bond acceptors (Lipinski definition) is 4. The summed E-state index contributed by atoms with van der Waals surface area (Å²) in [6.07, 6.45) is 0.300. The van der Waals surface area contributed by atoms with Crippen molar-refractivity contribution in [3.05, 3.63) is 34.6 Å². The highest BCUT2D eigenvalue weighted by Gasteiger charge is 2.29. The van der Waals surface area contributed by atoms with Gasteiger partial charge < -0.3 is 15.8 Å². The van der Waals surface area contributed by atoms with Crippen LogP contribution in [0.3, 0.4) is 0 Å². The van der Waals surface area contributed by atoms with E-state index >= 15 is 0 Å². The fourth-order valence-electron chi connectivity index (χ4n) is 2.80. The minimum absolute atomic E-state index is 0. The standard InChI is InChI=1S/C16H23ClFN3O2.ClH/c1-11-10-21(7-8-23-11)14(9-20-15(22)5-6-19)16-12(17)3-2-4-13(16)18;/h2-4,11,14H,5-10,19H2,1H3,(H,20,22);1H. The van der Waals surface area contributed by atoms with Crippen molar-refractivity contribution in [3.63, 3.8) is 0 Å². The number of rotatable bonds is 6. The summed E-state index contributed by atoms with van der Waals surface area (Å²) in [6.45, 7) is 4.42. The zero-order valence-electron chi connectivity index (χ0n) is 13.6. The minimum atomic E-state index is -0.366. The summed E-state index contributed by atoms with van der Waals surface area (Å²) in [4.78, 5) is 13.8. The second kappa shape index (κ2) is 10.2. The smallest absolute Gasteiger partial charge is 0.221 e. The van der Waals surface area contributed by atoms with Gasteiger partial charge in [-0.1, -0.05) is 17.7 Å². The normalized spacial score (nSPS) is 19.4. The Morgan fingerprint density at radius 3 is 2.96 bits per heavy atom. The van der Waals surface area contributed by atoms with Gasteiger partial charge in [-0.3, -0.25) is 9.69 Å². The van der Waals surface area contributed by atoms with E-state index in [1.807, 2.05) is 6.92 Å². The van der Waals surface area contributed by atoms with Gasteiger partial charge in [-0.05, 0) is 19.1 Å². The molecule has 1 amide bonds. The van der Waals surface area contributed by atoms with Gasteiger partial charge in [0, 0.05) is 43.2 Å². The second-order valence-electron chi connectivity index (χ2n) is 5.67. The topological polar surface area (TPSA) is 67.6 Å². The molecule has 1 aromatic carbocycles. The van der Waals surface area contributed by atoms with Crippen LogP contribution in [0.15, 0.2) is 18.2 Å². The maximum atomic E-state index is 14.4. The van der Waals surface area contributed by atoms with Gasteiger partial charge in [-0.15, -0.1) is 12.4 Å². The molecule has 0 aliphatic carbocycles. The Bertz CT molecular complexity index is 528. The third-order valence-corrected chi connectivity index (χ3v) is 4.24. The molecule has 1 saturated heterocycles. The zero-order valence-corrected chi connectivity index (χ0v) is 15.2. The summed E-state index contributed by atoms with van der Waals surface area (Å²) in [5, 5.41) is 3.19. The van der Waals surface area contributed by atoms with Gasteiger partial charge in [-0.25, -0.2) is 4.39 Å². The van der Waals surface area contributed by atoms with Crippen LogP contribution in [-0.2, 0) is 9.53 Å². The van der Waals surface area contributed by atoms with Crippen molar-refractivity contribution in [2.45, 2.75) is 25.5 Å². The SMILES string of the molecule is CC1CN(C(CNC(=O)CCN)c2c(F)cccc2Cl)CCO1.Cl. The molecule has 1 heterocycles. The average molecular weight is 380 g/mol. The number of morpholine rings is 1. The van der Waals surface area contributed by atoms with E-state index in [-0.39, 0.29) is 55.8 Å². The van der Waals surface area contributed by atoms with Crippen LogP contribution in [0.4, 0.5) is 4.39 Å². The van der Waals surface area contributed by atoms with E-state index in [0.717, 1.165) is 0 Å². The van der Waals surface area contributed by atoms with Crippen molar-refractivity contribution in [1.29, 1.82) is 0 Å². The van der Waals surface area contributed by atoms with Gasteiger partial charge >= 0.3 is 0 Å². The summed E-state index contributed by atoms with van der Waals surface area (Å²) in [5.74, 6) is -0.513. The molecule has 2 rings (SSSR count). The van der Waals surface area contributed by atoms with Crippen LogP contribution in [0, 0.1) is 5.82 Å². The molecule has 136 valence electrons. The molecular formula is C16H24Cl2FN3O2. The number of benzene rings is 1. The number of amides is 1. The molecule has 1 aromatic rings. The van der Waals surface area contributed by atoms with Crippen molar-refractivity contribution in [1.82, 2.24) is 10.2 Å². The zero-order chi connectivity index (χ0) is 16.8. The highest BCUT2D eigenvalue weighted by molar-refractivity contribution is 6.31. The monoisotopic (exact) mass is 379 g/mol. The lowest BCUT2D eigenvalue weighted by Gasteiger charge is -2.38. The predicted octanol–water partition coefficient (Wildman–Crippen LogP) is 2.13. The average Bonchev–Trinajstić information content (AvgIpc) is 2.50. The van der Waals surface area contributed by atoms with Crippen molar-refractivity contribution < 1.29 is 13.9 Å². The molecule has 0 saturated carbocycles. The van der Waals surface area contributed by atoms with E-state index in [1.54, 1.807) is 12.1 Å². The fraction of sp³-hybridized carbons (Fsp3) is 0.562. The summed E-state index contributed by atoms with van der Waals surface area (Å²) in [6, 6.07) is 4.29. The number of carbonyl (C=O) groups is 1. The number of hydrogen-bond donors (Lipinski definition) is 2. The van der Waals surface area contributed by atoms with E-state index in [2.05, 4.69) is 10.2 Å². The Labute approximate surface area is 153 Å². The molecule has 0 aromatic heterocycles. The molecule has 8 heteroatoms. The summed E-state index contributed by atoms with van der Waals surface area (Å²) < 4.78 is 19.9. The van der Waals surface area contributed by atoms with Crippen LogP contribution in [0.2, 0.25) is 5.02 Å². The maximum absolute atomic E-state index is 14.4. The lowest BCUT2D eigenvalue weighted by molar-refractivity contribution is -0.121. The van der Waals surface area contributed by atoms with Crippen LogP contribution in [0.25, 0.3) is 0 Å². The van der Waals surface area contributed by atoms with Gasteiger partial charge in [0.1, 0.15) is 5.82 Å². The van der Waals surface area contributed by atoms with Crippen molar-refractivity contribution in [2.24, 2.45) is 5.73 Å². The fourth-order valence-corrected chi connectivity index (χ4v) is 3.09. The van der Waals surface area contributed by atoms with Crippen molar-refractivity contribution >= 4 is 29.9 Å². The predicted molar refractivity (Wildman–Crippen MR) is 95.1 cm³/mol. The molecule has 2 atom stereocenters. The summed E-state index contributed by atoms with van der Waals surface area (Å²) in [7, 11) is 0. The van der Waals surface area contributed by atoms with Crippen LogP contribution in [-0.4, -0.2) is 49.7 Å². The highest BCUT2D eigenvalue weighted by Crippen LogP contribution is 2.31. The molecule has 1 aliphatic rings. The number of carbonyl (C=O) groups excluding carboxylic acids is 1. The Balaban J connectivity index is 0.00000288. The molecule has 1 aliphatic heterocycles. The molecular weight excluding hydrogens is 356 g/mol. The van der Waals surface area contributed by atoms with Crippen molar-refractivity contribution in [2.75, 3.05) is 32.8 Å². The largest absolute Gasteiger partial charge is 0.376 e. The number of nitrogens with zero attached hydrogens (tertiary/aromatic N) is 1. The van der Waals surface area contributed by atoms with Gasteiger partial charge in [0.15, 0.2) is 0 Å². The Kier molecular flexibility index (Phi) is 8.94. The Morgan fingerprint density at radius 2 is 2.33 bits per heavy atom. The van der Waals surface area contributed by atoms with Crippen LogP contribution < -0.4 is 11.1 Å². The Morgan fingerprint density at radius 1 is 1.58 bits per heavy atom. The molecule has 0 spiro atoms. The number of ether oxygens (including phenoxy) is 1. The van der Waals surface area contributed by atoms with E-state index in [1.165, 1.54) is 6.07 Å². The first kappa shape index (κ1) is 21.1. The van der Waals surface area contributed by atoms with Gasteiger partial charge in [0.2, 0.25) is 5.91 Å². The number of halogens is 3. The molecule has 1 fully saturated rings. The van der Waals surface area contributed by atoms with E-state index < -0.39 is 0 Å². The maximum Gasteiger partial charge on any atom is 0.221 e. The first-order chi connectivity index (χ1) is 11.0. The summed E-state index contributed by atoms with van der Waals surface area (Å²) in [5.41, 5.74) is 5.80. The molecule has 0 bridgehead atoms. The lowest BCUT2D eigenvalue weighted by atomic mass is 10.0. The van der Waals surface area contributed by atoms with E-state index in [9.17, 15) is 9.18 Å². The van der Waals surface area contributed by atoms with E-state index in [0.29, 0.717) is 30.3 Å². The van der Waals surface area contributed by atoms with Crippen molar-refractivity contribution in [3.8, 4) is 0 Å². The minimum Gasteiger partial charge on any atom is -0.376 e. The molecule has 2 unspecified atom stereocenters. The summed E-state index contributed by atoms with van der Waals surface area (Å²) >= 11 is 6.23. The first-order valence-electron chi connectivity index (χ1n) is 7.79. The molecule has 3 N–H and O–H groups in total. The molecule has 0 radical (unpaired) electrons. The van der Waals surface area contributed by atoms with Gasteiger partial charge in [0.05, 0.1) is 18.8 Å². The number of nitrogens with two attached hydrogens (primary N) is 1. The van der Waals surface area contributed by atoms with Gasteiger partial charge in [0.25, 0.3) is 0 Å².